The molecular formula is C9H7ClN2O3. The molecule has 0 spiro atoms. The number of hydrogen-bond donors (Lipinski definition) is 1. The molecule has 0 saturated carbocycles. The Morgan fingerprint density at radius 3 is 2.67 bits per heavy atom. The van der Waals surface area contributed by atoms with E-state index in [0.717, 1.165) is 0 Å². The van der Waals surface area contributed by atoms with Gasteiger partial charge in [-0.05, 0) is 13.8 Å². The number of halogens is 1. The lowest BCUT2D eigenvalue weighted by Crippen LogP contribution is -1.95. The van der Waals surface area contributed by atoms with E-state index < -0.39 is 5.97 Å². The third-order valence-corrected chi connectivity index (χ3v) is 2.33. The zero-order chi connectivity index (χ0) is 11.2. The van der Waals surface area contributed by atoms with Crippen LogP contribution in [0.5, 0.6) is 0 Å². The van der Waals surface area contributed by atoms with E-state index in [1.807, 2.05) is 0 Å². The Morgan fingerprint density at radius 1 is 1.40 bits per heavy atom. The minimum absolute atomic E-state index is 0.146. The van der Waals surface area contributed by atoms with Crippen molar-refractivity contribution in [1.29, 1.82) is 0 Å². The monoisotopic (exact) mass is 226 g/mol. The van der Waals surface area contributed by atoms with Gasteiger partial charge in [0.1, 0.15) is 11.0 Å². The average molecular weight is 227 g/mol. The molecule has 2 aromatic rings. The summed E-state index contributed by atoms with van der Waals surface area (Å²) >= 11 is 5.88. The fraction of sp³-hybridized carbons (Fsp3) is 0.222. The summed E-state index contributed by atoms with van der Waals surface area (Å²) < 4.78 is 5.09. The van der Waals surface area contributed by atoms with Crippen molar-refractivity contribution in [2.45, 2.75) is 13.8 Å². The largest absolute Gasteiger partial charge is 0.475 e. The molecular weight excluding hydrogens is 220 g/mol. The molecule has 2 aromatic heterocycles. The number of furan rings is 1. The van der Waals surface area contributed by atoms with E-state index in [0.29, 0.717) is 16.8 Å². The van der Waals surface area contributed by atoms with Gasteiger partial charge in [0.15, 0.2) is 0 Å². The number of carbonyl (C=O) groups is 1. The molecule has 0 unspecified atom stereocenters. The highest BCUT2D eigenvalue weighted by atomic mass is 35.5. The van der Waals surface area contributed by atoms with Gasteiger partial charge in [-0.15, -0.1) is 0 Å². The van der Waals surface area contributed by atoms with Gasteiger partial charge in [-0.1, -0.05) is 11.6 Å². The molecule has 0 saturated heterocycles. The van der Waals surface area contributed by atoms with Crippen molar-refractivity contribution < 1.29 is 14.3 Å². The molecule has 0 fully saturated rings. The zero-order valence-electron chi connectivity index (χ0n) is 8.04. The Morgan fingerprint density at radius 2 is 2.07 bits per heavy atom. The lowest BCUT2D eigenvalue weighted by Gasteiger charge is -1.94. The maximum atomic E-state index is 10.8. The number of carboxylic acid groups (broad SMARTS) is 1. The first-order valence-electron chi connectivity index (χ1n) is 4.17. The minimum Gasteiger partial charge on any atom is -0.475 e. The molecule has 5 nitrogen and oxygen atoms in total. The first kappa shape index (κ1) is 9.92. The smallest absolute Gasteiger partial charge is 0.372 e. The summed E-state index contributed by atoms with van der Waals surface area (Å²) in [6, 6.07) is 0. The van der Waals surface area contributed by atoms with E-state index >= 15 is 0 Å². The Labute approximate surface area is 89.7 Å². The fourth-order valence-corrected chi connectivity index (χ4v) is 1.74. The average Bonchev–Trinajstić information content (AvgIpc) is 2.42. The number of aromatic nitrogens is 2. The maximum Gasteiger partial charge on any atom is 0.372 e. The molecule has 0 aliphatic rings. The summed E-state index contributed by atoms with van der Waals surface area (Å²) in [5.41, 5.74) is 0.657. The van der Waals surface area contributed by atoms with Crippen LogP contribution in [0.25, 0.3) is 11.1 Å². The van der Waals surface area contributed by atoms with E-state index in [1.54, 1.807) is 13.8 Å². The second kappa shape index (κ2) is 3.20. The lowest BCUT2D eigenvalue weighted by molar-refractivity contribution is 0.0663. The second-order valence-electron chi connectivity index (χ2n) is 3.10. The van der Waals surface area contributed by atoms with Gasteiger partial charge >= 0.3 is 5.97 Å². The summed E-state index contributed by atoms with van der Waals surface area (Å²) in [5, 5.41) is 9.51. The van der Waals surface area contributed by atoms with Gasteiger partial charge in [0.2, 0.25) is 11.5 Å². The Bertz CT molecular complexity index is 562. The molecule has 0 aromatic carbocycles. The Kier molecular flexibility index (Phi) is 2.12. The number of carboxylic acids is 1. The zero-order valence-corrected chi connectivity index (χ0v) is 8.79. The van der Waals surface area contributed by atoms with Crippen LogP contribution in [0.1, 0.15) is 21.9 Å². The van der Waals surface area contributed by atoms with Crippen molar-refractivity contribution in [1.82, 2.24) is 9.97 Å². The van der Waals surface area contributed by atoms with Crippen molar-refractivity contribution >= 4 is 28.7 Å². The van der Waals surface area contributed by atoms with Crippen LogP contribution in [0.15, 0.2) is 4.42 Å². The van der Waals surface area contributed by atoms with Gasteiger partial charge < -0.3 is 9.52 Å². The van der Waals surface area contributed by atoms with Crippen LogP contribution in [0.2, 0.25) is 5.15 Å². The van der Waals surface area contributed by atoms with Gasteiger partial charge in [-0.3, -0.25) is 0 Å². The molecule has 6 heteroatoms. The molecule has 0 amide bonds. The predicted octanol–water partition coefficient (Wildman–Crippen LogP) is 2.19. The molecule has 1 N–H and O–H groups in total. The highest BCUT2D eigenvalue weighted by Gasteiger charge is 2.20. The van der Waals surface area contributed by atoms with Crippen molar-refractivity contribution in [2.75, 3.05) is 0 Å². The molecule has 0 atom stereocenters. The van der Waals surface area contributed by atoms with Crippen LogP contribution >= 0.6 is 11.6 Å². The standard InChI is InChI=1S/C9H7ClN2O3/c1-3-5-7(10)11-4(2)12-8(5)15-6(3)9(13)14/h1-2H3,(H,13,14). The number of fused-ring (bicyclic) bond motifs is 1. The molecule has 15 heavy (non-hydrogen) atoms. The molecule has 0 bridgehead atoms. The first-order chi connectivity index (χ1) is 7.00. The Balaban J connectivity index is 2.88. The topological polar surface area (TPSA) is 76.2 Å². The molecule has 0 aliphatic heterocycles. The lowest BCUT2D eigenvalue weighted by atomic mass is 10.2. The summed E-state index contributed by atoms with van der Waals surface area (Å²) in [4.78, 5) is 18.7. The van der Waals surface area contributed by atoms with Gasteiger partial charge in [-0.25, -0.2) is 9.78 Å². The van der Waals surface area contributed by atoms with E-state index in [-0.39, 0.29) is 16.6 Å². The number of aromatic carboxylic acids is 1. The van der Waals surface area contributed by atoms with Crippen LogP contribution in [-0.4, -0.2) is 21.0 Å². The summed E-state index contributed by atoms with van der Waals surface area (Å²) in [6.45, 7) is 3.27. The quantitative estimate of drug-likeness (QED) is 0.755. The van der Waals surface area contributed by atoms with E-state index in [4.69, 9.17) is 21.1 Å². The Hall–Kier alpha value is -1.62. The number of hydrogen-bond acceptors (Lipinski definition) is 4. The summed E-state index contributed by atoms with van der Waals surface area (Å²) in [7, 11) is 0. The molecule has 78 valence electrons. The van der Waals surface area contributed by atoms with Gasteiger partial charge in [0, 0.05) is 5.56 Å². The van der Waals surface area contributed by atoms with Crippen molar-refractivity contribution in [3.8, 4) is 0 Å². The molecule has 2 heterocycles. The second-order valence-corrected chi connectivity index (χ2v) is 3.46. The van der Waals surface area contributed by atoms with Crippen molar-refractivity contribution in [3.63, 3.8) is 0 Å². The van der Waals surface area contributed by atoms with E-state index in [9.17, 15) is 4.79 Å². The van der Waals surface area contributed by atoms with E-state index in [2.05, 4.69) is 9.97 Å². The van der Waals surface area contributed by atoms with Crippen molar-refractivity contribution in [2.24, 2.45) is 0 Å². The van der Waals surface area contributed by atoms with E-state index in [1.165, 1.54) is 0 Å². The third kappa shape index (κ3) is 1.45. The normalized spacial score (nSPS) is 10.9. The molecule has 0 aliphatic carbocycles. The predicted molar refractivity (Wildman–Crippen MR) is 53.2 cm³/mol. The number of nitrogens with zero attached hydrogens (tertiary/aromatic N) is 2. The van der Waals surface area contributed by atoms with Gasteiger partial charge in [0.05, 0.1) is 5.39 Å². The number of rotatable bonds is 1. The first-order valence-corrected chi connectivity index (χ1v) is 4.55. The highest BCUT2D eigenvalue weighted by Crippen LogP contribution is 2.28. The molecule has 2 rings (SSSR count). The van der Waals surface area contributed by atoms with Crippen LogP contribution in [0.4, 0.5) is 0 Å². The minimum atomic E-state index is -1.14. The fourth-order valence-electron chi connectivity index (χ4n) is 1.39. The van der Waals surface area contributed by atoms with Crippen LogP contribution in [-0.2, 0) is 0 Å². The summed E-state index contributed by atoms with van der Waals surface area (Å²) in [6.07, 6.45) is 0. The third-order valence-electron chi connectivity index (χ3n) is 2.05. The van der Waals surface area contributed by atoms with Gasteiger partial charge in [0.25, 0.3) is 0 Å². The van der Waals surface area contributed by atoms with Crippen LogP contribution in [0.3, 0.4) is 0 Å². The van der Waals surface area contributed by atoms with Gasteiger partial charge in [-0.2, -0.15) is 4.98 Å². The SMILES string of the molecule is Cc1nc(Cl)c2c(C)c(C(=O)O)oc2n1. The van der Waals surface area contributed by atoms with Crippen LogP contribution in [0, 0.1) is 13.8 Å². The molecule has 0 radical (unpaired) electrons. The number of aryl methyl sites for hydroxylation is 2. The van der Waals surface area contributed by atoms with Crippen molar-refractivity contribution in [3.05, 3.63) is 22.3 Å². The summed E-state index contributed by atoms with van der Waals surface area (Å²) in [5.74, 6) is -0.843. The highest BCUT2D eigenvalue weighted by molar-refractivity contribution is 6.34. The van der Waals surface area contributed by atoms with Crippen LogP contribution < -0.4 is 0 Å². The maximum absolute atomic E-state index is 10.8.